The van der Waals surface area contributed by atoms with Crippen molar-refractivity contribution in [2.24, 2.45) is 5.92 Å². The van der Waals surface area contributed by atoms with Crippen LogP contribution in [0.2, 0.25) is 0 Å². The van der Waals surface area contributed by atoms with Gasteiger partial charge in [-0.3, -0.25) is 0 Å². The van der Waals surface area contributed by atoms with Crippen molar-refractivity contribution in [3.8, 4) is 5.75 Å². The van der Waals surface area contributed by atoms with Gasteiger partial charge in [0.1, 0.15) is 0 Å². The topological polar surface area (TPSA) is 70.8 Å². The SMILES string of the molecule is COC(=O)c1cc(OCC2CCOCC2)c(F)cc1N. The molecule has 6 heteroatoms. The lowest BCUT2D eigenvalue weighted by atomic mass is 10.0. The number of halogens is 1. The van der Waals surface area contributed by atoms with Crippen LogP contribution < -0.4 is 10.5 Å². The first-order chi connectivity index (χ1) is 9.61. The number of carbonyl (C=O) groups excluding carboxylic acids is 1. The molecule has 1 aliphatic rings. The maximum atomic E-state index is 13.8. The molecule has 0 unspecified atom stereocenters. The first-order valence-corrected chi connectivity index (χ1v) is 6.49. The van der Waals surface area contributed by atoms with Crippen molar-refractivity contribution in [1.82, 2.24) is 0 Å². The highest BCUT2D eigenvalue weighted by molar-refractivity contribution is 5.95. The first-order valence-electron chi connectivity index (χ1n) is 6.49. The molecule has 0 atom stereocenters. The van der Waals surface area contributed by atoms with Crippen LogP contribution in [0.5, 0.6) is 5.75 Å². The Hall–Kier alpha value is -1.82. The molecule has 0 bridgehead atoms. The number of anilines is 1. The predicted octanol–water partition coefficient (Wildman–Crippen LogP) is 2.00. The summed E-state index contributed by atoms with van der Waals surface area (Å²) in [6, 6.07) is 2.36. The van der Waals surface area contributed by atoms with E-state index in [-0.39, 0.29) is 17.0 Å². The van der Waals surface area contributed by atoms with Crippen molar-refractivity contribution in [3.05, 3.63) is 23.5 Å². The van der Waals surface area contributed by atoms with Gasteiger partial charge in [-0.15, -0.1) is 0 Å². The number of hydrogen-bond donors (Lipinski definition) is 1. The summed E-state index contributed by atoms with van der Waals surface area (Å²) < 4.78 is 29.1. The molecule has 5 nitrogen and oxygen atoms in total. The second kappa shape index (κ2) is 6.56. The van der Waals surface area contributed by atoms with E-state index >= 15 is 0 Å². The second-order valence-corrected chi connectivity index (χ2v) is 4.73. The molecule has 1 aromatic carbocycles. The van der Waals surface area contributed by atoms with Crippen LogP contribution >= 0.6 is 0 Å². The zero-order valence-corrected chi connectivity index (χ0v) is 11.4. The highest BCUT2D eigenvalue weighted by Gasteiger charge is 2.18. The lowest BCUT2D eigenvalue weighted by Gasteiger charge is -2.22. The molecule has 1 saturated heterocycles. The quantitative estimate of drug-likeness (QED) is 0.676. The van der Waals surface area contributed by atoms with E-state index in [0.717, 1.165) is 18.9 Å². The second-order valence-electron chi connectivity index (χ2n) is 4.73. The van der Waals surface area contributed by atoms with Gasteiger partial charge in [-0.2, -0.15) is 0 Å². The molecular weight excluding hydrogens is 265 g/mol. The Labute approximate surface area is 116 Å². The normalized spacial score (nSPS) is 15.9. The molecule has 0 aliphatic carbocycles. The third kappa shape index (κ3) is 3.39. The molecule has 0 radical (unpaired) electrons. The zero-order chi connectivity index (χ0) is 14.5. The average Bonchev–Trinajstić information content (AvgIpc) is 2.46. The Balaban J connectivity index is 2.08. The Morgan fingerprint density at radius 2 is 2.15 bits per heavy atom. The molecule has 0 aromatic heterocycles. The Morgan fingerprint density at radius 3 is 2.80 bits per heavy atom. The largest absolute Gasteiger partial charge is 0.490 e. The summed E-state index contributed by atoms with van der Waals surface area (Å²) in [4.78, 5) is 11.5. The van der Waals surface area contributed by atoms with Gasteiger partial charge in [-0.05, 0) is 24.8 Å². The molecule has 1 aliphatic heterocycles. The minimum Gasteiger partial charge on any atom is -0.490 e. The molecule has 2 N–H and O–H groups in total. The van der Waals surface area contributed by atoms with Crippen LogP contribution in [0, 0.1) is 11.7 Å². The molecule has 1 aromatic rings. The molecule has 0 saturated carbocycles. The number of benzene rings is 1. The standard InChI is InChI=1S/C14H18FNO4/c1-18-14(17)10-6-13(11(15)7-12(10)16)20-8-9-2-4-19-5-3-9/h6-7,9H,2-5,8,16H2,1H3. The number of nitrogen functional groups attached to an aromatic ring is 1. The molecule has 1 heterocycles. The van der Waals surface area contributed by atoms with E-state index in [9.17, 15) is 9.18 Å². The van der Waals surface area contributed by atoms with Crippen LogP contribution in [0.15, 0.2) is 12.1 Å². The monoisotopic (exact) mass is 283 g/mol. The fourth-order valence-corrected chi connectivity index (χ4v) is 2.09. The van der Waals surface area contributed by atoms with Gasteiger partial charge in [0.25, 0.3) is 0 Å². The van der Waals surface area contributed by atoms with Crippen molar-refractivity contribution < 1.29 is 23.4 Å². The van der Waals surface area contributed by atoms with Crippen LogP contribution in [0.4, 0.5) is 10.1 Å². The summed E-state index contributed by atoms with van der Waals surface area (Å²) >= 11 is 0. The number of methoxy groups -OCH3 is 1. The van der Waals surface area contributed by atoms with E-state index in [2.05, 4.69) is 4.74 Å². The summed E-state index contributed by atoms with van der Waals surface area (Å²) in [6.45, 7) is 1.79. The molecule has 0 spiro atoms. The van der Waals surface area contributed by atoms with Crippen molar-refractivity contribution in [2.45, 2.75) is 12.8 Å². The zero-order valence-electron chi connectivity index (χ0n) is 11.4. The maximum absolute atomic E-state index is 13.8. The number of nitrogens with two attached hydrogens (primary N) is 1. The summed E-state index contributed by atoms with van der Waals surface area (Å²) in [5.74, 6) is -0.839. The molecule has 0 amide bonds. The van der Waals surface area contributed by atoms with E-state index < -0.39 is 11.8 Å². The molecule has 1 fully saturated rings. The summed E-state index contributed by atoms with van der Waals surface area (Å²) in [6.07, 6.45) is 1.78. The van der Waals surface area contributed by atoms with Crippen LogP contribution in [0.1, 0.15) is 23.2 Å². The summed E-state index contributed by atoms with van der Waals surface area (Å²) in [7, 11) is 1.24. The summed E-state index contributed by atoms with van der Waals surface area (Å²) in [5, 5.41) is 0. The van der Waals surface area contributed by atoms with Crippen molar-refractivity contribution in [2.75, 3.05) is 32.7 Å². The Morgan fingerprint density at radius 1 is 1.45 bits per heavy atom. The highest BCUT2D eigenvalue weighted by atomic mass is 19.1. The van der Waals surface area contributed by atoms with Crippen LogP contribution in [-0.2, 0) is 9.47 Å². The van der Waals surface area contributed by atoms with E-state index in [0.29, 0.717) is 25.7 Å². The molecule has 110 valence electrons. The predicted molar refractivity (Wildman–Crippen MR) is 71.2 cm³/mol. The van der Waals surface area contributed by atoms with Crippen molar-refractivity contribution >= 4 is 11.7 Å². The van der Waals surface area contributed by atoms with Gasteiger partial charge in [-0.25, -0.2) is 9.18 Å². The van der Waals surface area contributed by atoms with Gasteiger partial charge >= 0.3 is 5.97 Å². The number of ether oxygens (including phenoxy) is 3. The van der Waals surface area contributed by atoms with Gasteiger partial charge in [0, 0.05) is 25.0 Å². The fraction of sp³-hybridized carbons (Fsp3) is 0.500. The number of esters is 1. The van der Waals surface area contributed by atoms with Gasteiger partial charge in [0.15, 0.2) is 11.6 Å². The number of carbonyl (C=O) groups is 1. The van der Waals surface area contributed by atoms with Gasteiger partial charge < -0.3 is 19.9 Å². The van der Waals surface area contributed by atoms with E-state index in [1.54, 1.807) is 0 Å². The van der Waals surface area contributed by atoms with Gasteiger partial charge in [-0.1, -0.05) is 0 Å². The van der Waals surface area contributed by atoms with Crippen molar-refractivity contribution in [3.63, 3.8) is 0 Å². The Bertz CT molecular complexity index is 486. The fourth-order valence-electron chi connectivity index (χ4n) is 2.09. The van der Waals surface area contributed by atoms with Crippen molar-refractivity contribution in [1.29, 1.82) is 0 Å². The molecule has 20 heavy (non-hydrogen) atoms. The van der Waals surface area contributed by atoms with Gasteiger partial charge in [0.05, 0.1) is 19.3 Å². The van der Waals surface area contributed by atoms with Gasteiger partial charge in [0.2, 0.25) is 0 Å². The van der Waals surface area contributed by atoms with Crippen LogP contribution in [-0.4, -0.2) is 32.9 Å². The average molecular weight is 283 g/mol. The van der Waals surface area contributed by atoms with E-state index in [1.165, 1.54) is 13.2 Å². The minimum atomic E-state index is -0.613. The van der Waals surface area contributed by atoms with E-state index in [4.69, 9.17) is 15.2 Å². The third-order valence-electron chi connectivity index (χ3n) is 3.32. The lowest BCUT2D eigenvalue weighted by Crippen LogP contribution is -2.21. The lowest BCUT2D eigenvalue weighted by molar-refractivity contribution is 0.0491. The van der Waals surface area contributed by atoms with E-state index in [1.807, 2.05) is 0 Å². The smallest absolute Gasteiger partial charge is 0.340 e. The highest BCUT2D eigenvalue weighted by Crippen LogP contribution is 2.26. The first kappa shape index (κ1) is 14.6. The van der Waals surface area contributed by atoms with Crippen LogP contribution in [0.3, 0.4) is 0 Å². The minimum absolute atomic E-state index is 0.0195. The molecule has 2 rings (SSSR count). The van der Waals surface area contributed by atoms with Crippen LogP contribution in [0.25, 0.3) is 0 Å². The maximum Gasteiger partial charge on any atom is 0.340 e. The number of rotatable bonds is 4. The number of hydrogen-bond acceptors (Lipinski definition) is 5. The Kier molecular flexibility index (Phi) is 4.79. The third-order valence-corrected chi connectivity index (χ3v) is 3.32. The molecular formula is C14H18FNO4. The summed E-state index contributed by atoms with van der Waals surface area (Å²) in [5.41, 5.74) is 5.74.